The maximum absolute atomic E-state index is 11.8. The Balaban J connectivity index is 1.99. The third kappa shape index (κ3) is 2.63. The van der Waals surface area contributed by atoms with Crippen LogP contribution < -0.4 is 0 Å². The summed E-state index contributed by atoms with van der Waals surface area (Å²) in [6.07, 6.45) is 5.52. The van der Waals surface area contributed by atoms with Crippen LogP contribution in [0.15, 0.2) is 23.1 Å². The molecule has 0 saturated carbocycles. The second kappa shape index (κ2) is 4.83. The van der Waals surface area contributed by atoms with Crippen LogP contribution in [0.3, 0.4) is 0 Å². The minimum absolute atomic E-state index is 0.0240. The van der Waals surface area contributed by atoms with Gasteiger partial charge in [-0.1, -0.05) is 0 Å². The molecule has 90 valence electrons. The fourth-order valence-corrected chi connectivity index (χ4v) is 1.81. The minimum atomic E-state index is -0.0240. The number of carbonyl (C=O) groups excluding carboxylic acids is 1. The van der Waals surface area contributed by atoms with E-state index in [4.69, 9.17) is 0 Å². The molecule has 5 nitrogen and oxygen atoms in total. The first-order chi connectivity index (χ1) is 8.08. The molecular formula is C11H13BrN4O. The number of hydrogen-bond acceptors (Lipinski definition) is 3. The van der Waals surface area contributed by atoms with E-state index >= 15 is 0 Å². The van der Waals surface area contributed by atoms with Gasteiger partial charge in [0.05, 0.1) is 23.4 Å². The second-order valence-corrected chi connectivity index (χ2v) is 4.76. The third-order valence-electron chi connectivity index (χ3n) is 2.55. The highest BCUT2D eigenvalue weighted by atomic mass is 79.9. The number of carbonyl (C=O) groups is 1. The number of aromatic nitrogens is 4. The van der Waals surface area contributed by atoms with Gasteiger partial charge in [0.25, 0.3) is 0 Å². The van der Waals surface area contributed by atoms with Crippen molar-refractivity contribution in [2.24, 2.45) is 0 Å². The summed E-state index contributed by atoms with van der Waals surface area (Å²) in [5.41, 5.74) is 2.01. The van der Waals surface area contributed by atoms with Gasteiger partial charge in [0.2, 0.25) is 5.91 Å². The summed E-state index contributed by atoms with van der Waals surface area (Å²) in [7, 11) is 0. The molecule has 0 unspecified atom stereocenters. The van der Waals surface area contributed by atoms with Crippen LogP contribution in [0, 0.1) is 13.8 Å². The molecule has 2 aromatic rings. The lowest BCUT2D eigenvalue weighted by molar-refractivity contribution is 0.0879. The first-order valence-electron chi connectivity index (χ1n) is 5.30. The van der Waals surface area contributed by atoms with E-state index in [1.54, 1.807) is 23.3 Å². The highest BCUT2D eigenvalue weighted by Crippen LogP contribution is 2.14. The standard InChI is InChI=1S/C11H13BrN4O/c1-8-5-13-16(7-8)11(17)3-4-15-9(2)10(12)6-14-15/h5-7H,3-4H2,1-2H3. The van der Waals surface area contributed by atoms with E-state index in [2.05, 4.69) is 26.1 Å². The molecule has 0 bridgehead atoms. The van der Waals surface area contributed by atoms with Crippen LogP contribution in [-0.2, 0) is 6.54 Å². The van der Waals surface area contributed by atoms with Gasteiger partial charge in [-0.05, 0) is 35.3 Å². The Morgan fingerprint density at radius 2 is 2.12 bits per heavy atom. The SMILES string of the molecule is Cc1cnn(C(=O)CCn2ncc(Br)c2C)c1. The fraction of sp³-hybridized carbons (Fsp3) is 0.364. The molecule has 0 saturated heterocycles. The number of hydrogen-bond donors (Lipinski definition) is 0. The smallest absolute Gasteiger partial charge is 0.248 e. The van der Waals surface area contributed by atoms with Gasteiger partial charge in [-0.3, -0.25) is 9.48 Å². The van der Waals surface area contributed by atoms with Crippen molar-refractivity contribution in [3.8, 4) is 0 Å². The Morgan fingerprint density at radius 3 is 2.65 bits per heavy atom. The van der Waals surface area contributed by atoms with Crippen LogP contribution in [0.4, 0.5) is 0 Å². The normalized spacial score (nSPS) is 10.8. The topological polar surface area (TPSA) is 52.7 Å². The molecule has 0 radical (unpaired) electrons. The van der Waals surface area contributed by atoms with Crippen molar-refractivity contribution in [2.75, 3.05) is 0 Å². The molecule has 0 aliphatic carbocycles. The van der Waals surface area contributed by atoms with E-state index in [0.29, 0.717) is 13.0 Å². The van der Waals surface area contributed by atoms with Crippen molar-refractivity contribution in [3.05, 3.63) is 34.3 Å². The van der Waals surface area contributed by atoms with Gasteiger partial charge < -0.3 is 0 Å². The first-order valence-corrected chi connectivity index (χ1v) is 6.09. The molecule has 2 rings (SSSR count). The summed E-state index contributed by atoms with van der Waals surface area (Å²) in [6, 6.07) is 0. The van der Waals surface area contributed by atoms with Crippen LogP contribution in [0.25, 0.3) is 0 Å². The summed E-state index contributed by atoms with van der Waals surface area (Å²) >= 11 is 3.39. The van der Waals surface area contributed by atoms with E-state index < -0.39 is 0 Å². The van der Waals surface area contributed by atoms with Gasteiger partial charge >= 0.3 is 0 Å². The minimum Gasteiger partial charge on any atom is -0.273 e. The van der Waals surface area contributed by atoms with Gasteiger partial charge in [-0.25, -0.2) is 4.68 Å². The highest BCUT2D eigenvalue weighted by molar-refractivity contribution is 9.10. The van der Waals surface area contributed by atoms with Gasteiger partial charge in [-0.15, -0.1) is 0 Å². The van der Waals surface area contributed by atoms with Crippen molar-refractivity contribution >= 4 is 21.8 Å². The second-order valence-electron chi connectivity index (χ2n) is 3.91. The maximum atomic E-state index is 11.8. The van der Waals surface area contributed by atoms with Gasteiger partial charge in [-0.2, -0.15) is 10.2 Å². The van der Waals surface area contributed by atoms with Crippen molar-refractivity contribution in [1.82, 2.24) is 19.6 Å². The highest BCUT2D eigenvalue weighted by Gasteiger charge is 2.08. The largest absolute Gasteiger partial charge is 0.273 e. The molecule has 2 heterocycles. The molecule has 0 spiro atoms. The van der Waals surface area contributed by atoms with Gasteiger partial charge in [0.15, 0.2) is 0 Å². The summed E-state index contributed by atoms with van der Waals surface area (Å²) in [5, 5.41) is 8.16. The van der Waals surface area contributed by atoms with Crippen LogP contribution in [0.1, 0.15) is 22.5 Å². The van der Waals surface area contributed by atoms with Gasteiger partial charge in [0, 0.05) is 18.3 Å². The summed E-state index contributed by atoms with van der Waals surface area (Å²) in [6.45, 7) is 4.43. The Kier molecular flexibility index (Phi) is 3.42. The van der Waals surface area contributed by atoms with Crippen molar-refractivity contribution in [2.45, 2.75) is 26.8 Å². The molecule has 17 heavy (non-hydrogen) atoms. The Morgan fingerprint density at radius 1 is 1.35 bits per heavy atom. The van der Waals surface area contributed by atoms with E-state index in [-0.39, 0.29) is 5.91 Å². The number of halogens is 1. The zero-order chi connectivity index (χ0) is 12.4. The monoisotopic (exact) mass is 296 g/mol. The third-order valence-corrected chi connectivity index (χ3v) is 3.33. The Labute approximate surface area is 108 Å². The predicted molar refractivity (Wildman–Crippen MR) is 66.9 cm³/mol. The summed E-state index contributed by atoms with van der Waals surface area (Å²) in [4.78, 5) is 11.8. The first kappa shape index (κ1) is 12.0. The molecule has 0 N–H and O–H groups in total. The lowest BCUT2D eigenvalue weighted by Crippen LogP contribution is -2.15. The summed E-state index contributed by atoms with van der Waals surface area (Å²) in [5.74, 6) is -0.0240. The average molecular weight is 297 g/mol. The van der Waals surface area contributed by atoms with Crippen LogP contribution in [0.5, 0.6) is 0 Å². The molecule has 0 amide bonds. The Hall–Kier alpha value is -1.43. The Bertz CT molecular complexity index is 543. The molecule has 0 aliphatic rings. The molecule has 0 fully saturated rings. The van der Waals surface area contributed by atoms with Crippen molar-refractivity contribution in [3.63, 3.8) is 0 Å². The van der Waals surface area contributed by atoms with Crippen molar-refractivity contribution in [1.29, 1.82) is 0 Å². The van der Waals surface area contributed by atoms with Crippen molar-refractivity contribution < 1.29 is 4.79 Å². The summed E-state index contributed by atoms with van der Waals surface area (Å²) < 4.78 is 4.14. The zero-order valence-electron chi connectivity index (χ0n) is 9.72. The lowest BCUT2D eigenvalue weighted by Gasteiger charge is -2.03. The predicted octanol–water partition coefficient (Wildman–Crippen LogP) is 2.19. The molecular weight excluding hydrogens is 284 g/mol. The van der Waals surface area contributed by atoms with Crippen LogP contribution in [-0.4, -0.2) is 25.5 Å². The molecule has 0 atom stereocenters. The molecule has 6 heteroatoms. The number of aryl methyl sites for hydroxylation is 2. The van der Waals surface area contributed by atoms with E-state index in [9.17, 15) is 4.79 Å². The quantitative estimate of drug-likeness (QED) is 0.872. The van der Waals surface area contributed by atoms with Crippen LogP contribution in [0.2, 0.25) is 0 Å². The molecule has 0 aliphatic heterocycles. The van der Waals surface area contributed by atoms with E-state index in [1.807, 2.05) is 13.8 Å². The van der Waals surface area contributed by atoms with Crippen LogP contribution >= 0.6 is 15.9 Å². The molecule has 2 aromatic heterocycles. The maximum Gasteiger partial charge on any atom is 0.248 e. The number of rotatable bonds is 3. The zero-order valence-corrected chi connectivity index (χ0v) is 11.3. The molecule has 0 aromatic carbocycles. The van der Waals surface area contributed by atoms with E-state index in [1.165, 1.54) is 4.68 Å². The van der Waals surface area contributed by atoms with Gasteiger partial charge in [0.1, 0.15) is 0 Å². The lowest BCUT2D eigenvalue weighted by atomic mass is 10.4. The average Bonchev–Trinajstić information content (AvgIpc) is 2.86. The van der Waals surface area contributed by atoms with E-state index in [0.717, 1.165) is 15.7 Å². The number of nitrogens with zero attached hydrogens (tertiary/aromatic N) is 4. The fourth-order valence-electron chi connectivity index (χ4n) is 1.51.